The molecule has 1 aromatic heterocycles. The molecule has 164 valence electrons. The van der Waals surface area contributed by atoms with E-state index in [4.69, 9.17) is 9.72 Å². The summed E-state index contributed by atoms with van der Waals surface area (Å²) < 4.78 is 5.23. The molecular formula is C24H30N4O3. The lowest BCUT2D eigenvalue weighted by atomic mass is 9.84. The number of rotatable bonds is 5. The number of H-pyrrole nitrogens is 1. The molecule has 7 nitrogen and oxygen atoms in total. The van der Waals surface area contributed by atoms with Crippen molar-refractivity contribution in [2.75, 3.05) is 20.2 Å². The summed E-state index contributed by atoms with van der Waals surface area (Å²) >= 11 is 0. The number of ether oxygens (including phenoxy) is 1. The molecular weight excluding hydrogens is 392 g/mol. The number of hydrogen-bond donors (Lipinski definition) is 1. The van der Waals surface area contributed by atoms with Crippen LogP contribution in [-0.4, -0.2) is 45.9 Å². The fourth-order valence-electron chi connectivity index (χ4n) is 4.99. The number of benzene rings is 1. The molecule has 31 heavy (non-hydrogen) atoms. The molecule has 1 aliphatic carbocycles. The van der Waals surface area contributed by atoms with Crippen molar-refractivity contribution in [1.29, 1.82) is 0 Å². The fraction of sp³-hybridized carbons (Fsp3) is 0.542. The largest absolute Gasteiger partial charge is 0.497 e. The van der Waals surface area contributed by atoms with Crippen molar-refractivity contribution in [3.05, 3.63) is 57.3 Å². The lowest BCUT2D eigenvalue weighted by molar-refractivity contribution is -0.139. The third-order valence-electron chi connectivity index (χ3n) is 7.04. The van der Waals surface area contributed by atoms with E-state index in [2.05, 4.69) is 22.0 Å². The Morgan fingerprint density at radius 1 is 1.16 bits per heavy atom. The molecule has 1 saturated heterocycles. The highest BCUT2D eigenvalue weighted by atomic mass is 16.5. The van der Waals surface area contributed by atoms with Crippen LogP contribution >= 0.6 is 0 Å². The third-order valence-corrected chi connectivity index (χ3v) is 7.04. The Kier molecular flexibility index (Phi) is 5.52. The highest BCUT2D eigenvalue weighted by Gasteiger charge is 2.37. The van der Waals surface area contributed by atoms with E-state index in [0.717, 1.165) is 75.2 Å². The highest BCUT2D eigenvalue weighted by Crippen LogP contribution is 2.36. The molecule has 5 rings (SSSR count). The van der Waals surface area contributed by atoms with Crippen molar-refractivity contribution >= 4 is 5.91 Å². The van der Waals surface area contributed by atoms with Gasteiger partial charge in [0.15, 0.2) is 0 Å². The van der Waals surface area contributed by atoms with Crippen molar-refractivity contribution in [2.45, 2.75) is 57.7 Å². The van der Waals surface area contributed by atoms with E-state index in [9.17, 15) is 9.59 Å². The van der Waals surface area contributed by atoms with Gasteiger partial charge >= 0.3 is 0 Å². The van der Waals surface area contributed by atoms with Gasteiger partial charge in [-0.15, -0.1) is 0 Å². The summed E-state index contributed by atoms with van der Waals surface area (Å²) in [5.74, 6) is 1.95. The molecule has 1 aromatic carbocycles. The molecule has 7 heteroatoms. The van der Waals surface area contributed by atoms with Crippen molar-refractivity contribution in [2.24, 2.45) is 5.92 Å². The van der Waals surface area contributed by atoms with Gasteiger partial charge in [-0.3, -0.25) is 14.5 Å². The maximum absolute atomic E-state index is 13.0. The lowest BCUT2D eigenvalue weighted by Crippen LogP contribution is -2.40. The fourth-order valence-corrected chi connectivity index (χ4v) is 4.99. The van der Waals surface area contributed by atoms with Crippen LogP contribution in [0, 0.1) is 5.92 Å². The number of amides is 1. The molecule has 1 saturated carbocycles. The summed E-state index contributed by atoms with van der Waals surface area (Å²) in [6.07, 6.45) is 5.76. The molecule has 3 heterocycles. The number of likely N-dealkylation sites (tertiary alicyclic amines) is 1. The van der Waals surface area contributed by atoms with Crippen molar-refractivity contribution in [3.63, 3.8) is 0 Å². The number of hydrogen-bond acceptors (Lipinski definition) is 5. The Balaban J connectivity index is 1.31. The zero-order chi connectivity index (χ0) is 21.4. The lowest BCUT2D eigenvalue weighted by Gasteiger charge is -2.33. The second-order valence-corrected chi connectivity index (χ2v) is 9.00. The van der Waals surface area contributed by atoms with Crippen LogP contribution in [0.5, 0.6) is 5.75 Å². The number of nitrogens with zero attached hydrogens (tertiary/aromatic N) is 3. The van der Waals surface area contributed by atoms with Gasteiger partial charge in [0, 0.05) is 38.5 Å². The SMILES string of the molecule is COc1ccc(CN2CCc3nc([C@H]4CCCN4C(=O)C4CCC4)[nH]c(=O)c3C2)cc1. The summed E-state index contributed by atoms with van der Waals surface area (Å²) in [5.41, 5.74) is 2.80. The standard InChI is InChI=1S/C24H30N4O3/c1-31-18-9-7-16(8-10-18)14-27-13-11-20-19(15-27)23(29)26-22(25-20)21-6-3-12-28(21)24(30)17-4-2-5-17/h7-10,17,21H,2-6,11-15H2,1H3,(H,25,26,29)/t21-/m1/s1. The van der Waals surface area contributed by atoms with Crippen molar-refractivity contribution in [1.82, 2.24) is 19.8 Å². The van der Waals surface area contributed by atoms with Gasteiger partial charge in [0.05, 0.1) is 24.4 Å². The molecule has 0 spiro atoms. The second kappa shape index (κ2) is 8.46. The second-order valence-electron chi connectivity index (χ2n) is 9.00. The molecule has 2 aliphatic heterocycles. The average Bonchev–Trinajstić information content (AvgIpc) is 3.23. The Morgan fingerprint density at radius 3 is 2.68 bits per heavy atom. The van der Waals surface area contributed by atoms with E-state index in [1.165, 1.54) is 5.56 Å². The Bertz CT molecular complexity index is 1010. The zero-order valence-corrected chi connectivity index (χ0v) is 18.1. The van der Waals surface area contributed by atoms with Crippen LogP contribution in [0.3, 0.4) is 0 Å². The molecule has 1 N–H and O–H groups in total. The number of aromatic amines is 1. The Hall–Kier alpha value is -2.67. The molecule has 1 atom stereocenters. The molecule has 2 fully saturated rings. The molecule has 0 radical (unpaired) electrons. The van der Waals surface area contributed by atoms with Crippen LogP contribution in [0.15, 0.2) is 29.1 Å². The summed E-state index contributed by atoms with van der Waals surface area (Å²) in [7, 11) is 1.66. The van der Waals surface area contributed by atoms with Gasteiger partial charge in [0.1, 0.15) is 11.6 Å². The molecule has 0 unspecified atom stereocenters. The van der Waals surface area contributed by atoms with E-state index < -0.39 is 0 Å². The van der Waals surface area contributed by atoms with E-state index >= 15 is 0 Å². The van der Waals surface area contributed by atoms with Crippen LogP contribution in [0.2, 0.25) is 0 Å². The first kappa shape index (κ1) is 20.2. The van der Waals surface area contributed by atoms with Crippen LogP contribution < -0.4 is 10.3 Å². The van der Waals surface area contributed by atoms with Gasteiger partial charge in [-0.2, -0.15) is 0 Å². The van der Waals surface area contributed by atoms with E-state index in [-0.39, 0.29) is 23.4 Å². The van der Waals surface area contributed by atoms with Crippen molar-refractivity contribution < 1.29 is 9.53 Å². The van der Waals surface area contributed by atoms with Gasteiger partial charge in [0.25, 0.3) is 5.56 Å². The van der Waals surface area contributed by atoms with Gasteiger partial charge in [-0.25, -0.2) is 4.98 Å². The Labute approximate surface area is 182 Å². The van der Waals surface area contributed by atoms with Gasteiger partial charge in [-0.05, 0) is 43.4 Å². The van der Waals surface area contributed by atoms with Crippen LogP contribution in [0.1, 0.15) is 60.8 Å². The predicted octanol–water partition coefficient (Wildman–Crippen LogP) is 2.80. The zero-order valence-electron chi connectivity index (χ0n) is 18.1. The van der Waals surface area contributed by atoms with Gasteiger partial charge in [-0.1, -0.05) is 18.6 Å². The summed E-state index contributed by atoms with van der Waals surface area (Å²) in [5, 5.41) is 0. The molecule has 3 aliphatic rings. The van der Waals surface area contributed by atoms with Crippen LogP contribution in [-0.2, 0) is 24.3 Å². The Morgan fingerprint density at radius 2 is 1.97 bits per heavy atom. The molecule has 1 amide bonds. The number of fused-ring (bicyclic) bond motifs is 1. The number of nitrogens with one attached hydrogen (secondary N) is 1. The summed E-state index contributed by atoms with van der Waals surface area (Å²) in [6, 6.07) is 7.98. The topological polar surface area (TPSA) is 78.5 Å². The van der Waals surface area contributed by atoms with E-state index in [1.54, 1.807) is 7.11 Å². The summed E-state index contributed by atoms with van der Waals surface area (Å²) in [6.45, 7) is 3.02. The molecule has 0 bridgehead atoms. The maximum atomic E-state index is 13.0. The van der Waals surface area contributed by atoms with Crippen molar-refractivity contribution in [3.8, 4) is 5.75 Å². The predicted molar refractivity (Wildman–Crippen MR) is 117 cm³/mol. The minimum Gasteiger partial charge on any atom is -0.497 e. The number of carbonyl (C=O) groups is 1. The van der Waals surface area contributed by atoms with E-state index in [1.807, 2.05) is 17.0 Å². The first-order chi connectivity index (χ1) is 15.1. The van der Waals surface area contributed by atoms with E-state index in [0.29, 0.717) is 12.4 Å². The third kappa shape index (κ3) is 3.99. The summed E-state index contributed by atoms with van der Waals surface area (Å²) in [4.78, 5) is 37.9. The number of methoxy groups -OCH3 is 1. The number of aromatic nitrogens is 2. The molecule has 2 aromatic rings. The van der Waals surface area contributed by atoms with Crippen LogP contribution in [0.25, 0.3) is 0 Å². The maximum Gasteiger partial charge on any atom is 0.255 e. The highest BCUT2D eigenvalue weighted by molar-refractivity contribution is 5.80. The smallest absolute Gasteiger partial charge is 0.255 e. The monoisotopic (exact) mass is 422 g/mol. The first-order valence-corrected chi connectivity index (χ1v) is 11.4. The number of carbonyl (C=O) groups excluding carboxylic acids is 1. The van der Waals surface area contributed by atoms with Crippen LogP contribution in [0.4, 0.5) is 0 Å². The normalized spacial score (nSPS) is 21.6. The minimum absolute atomic E-state index is 0.0534. The quantitative estimate of drug-likeness (QED) is 0.802. The minimum atomic E-state index is -0.0802. The van der Waals surface area contributed by atoms with Gasteiger partial charge in [0.2, 0.25) is 5.91 Å². The van der Waals surface area contributed by atoms with Gasteiger partial charge < -0.3 is 14.6 Å². The first-order valence-electron chi connectivity index (χ1n) is 11.4. The average molecular weight is 423 g/mol.